The zero-order valence-corrected chi connectivity index (χ0v) is 18.0. The predicted molar refractivity (Wildman–Crippen MR) is 115 cm³/mol. The number of benzene rings is 1. The van der Waals surface area contributed by atoms with Crippen LogP contribution in [-0.2, 0) is 35.6 Å². The van der Waals surface area contributed by atoms with E-state index >= 15 is 0 Å². The Morgan fingerprint density at radius 3 is 2.77 bits per heavy atom. The number of aromatic nitrogens is 2. The minimum Gasteiger partial charge on any atom is -0.379 e. The van der Waals surface area contributed by atoms with Crippen LogP contribution < -0.4 is 16.6 Å². The van der Waals surface area contributed by atoms with Gasteiger partial charge in [-0.2, -0.15) is 5.10 Å². The highest BCUT2D eigenvalue weighted by atomic mass is 35.5. The van der Waals surface area contributed by atoms with E-state index in [1.54, 1.807) is 25.3 Å². The summed E-state index contributed by atoms with van der Waals surface area (Å²) >= 11 is 6.05. The van der Waals surface area contributed by atoms with Crippen LogP contribution >= 0.6 is 11.6 Å². The number of aryl methyl sites for hydroxylation is 1. The molecular formula is C21H28ClN5O3. The van der Waals surface area contributed by atoms with Crippen molar-refractivity contribution in [3.63, 3.8) is 0 Å². The quantitative estimate of drug-likeness (QED) is 0.640. The predicted octanol–water partition coefficient (Wildman–Crippen LogP) is 0.855. The first-order valence-electron chi connectivity index (χ1n) is 10.1. The highest BCUT2D eigenvalue weighted by Crippen LogP contribution is 2.15. The Hall–Kier alpha value is -2.26. The van der Waals surface area contributed by atoms with E-state index in [9.17, 15) is 9.59 Å². The lowest BCUT2D eigenvalue weighted by Crippen LogP contribution is -2.40. The number of nitrogens with one attached hydrogen (secondary N) is 1. The van der Waals surface area contributed by atoms with Crippen LogP contribution in [0.5, 0.6) is 0 Å². The molecule has 0 bridgehead atoms. The summed E-state index contributed by atoms with van der Waals surface area (Å²) in [5.74, 6) is -0.232. The Morgan fingerprint density at radius 2 is 2.03 bits per heavy atom. The second-order valence-electron chi connectivity index (χ2n) is 7.36. The van der Waals surface area contributed by atoms with Gasteiger partial charge in [-0.3, -0.25) is 14.5 Å². The Balaban J connectivity index is 1.63. The molecule has 9 heteroatoms. The van der Waals surface area contributed by atoms with E-state index in [1.807, 2.05) is 6.07 Å². The Bertz CT molecular complexity index is 941. The van der Waals surface area contributed by atoms with Gasteiger partial charge in [-0.1, -0.05) is 17.7 Å². The van der Waals surface area contributed by atoms with Gasteiger partial charge in [0.05, 0.1) is 32.4 Å². The molecule has 0 saturated carbocycles. The van der Waals surface area contributed by atoms with E-state index in [-0.39, 0.29) is 17.9 Å². The van der Waals surface area contributed by atoms with E-state index in [1.165, 1.54) is 4.68 Å². The fourth-order valence-corrected chi connectivity index (χ4v) is 3.62. The van der Waals surface area contributed by atoms with E-state index < -0.39 is 0 Å². The summed E-state index contributed by atoms with van der Waals surface area (Å²) in [6.45, 7) is 6.79. The van der Waals surface area contributed by atoms with Crippen molar-refractivity contribution in [3.05, 3.63) is 62.0 Å². The molecule has 0 radical (unpaired) electrons. The van der Waals surface area contributed by atoms with Crippen molar-refractivity contribution < 1.29 is 9.53 Å². The van der Waals surface area contributed by atoms with Gasteiger partial charge in [-0.05, 0) is 35.7 Å². The summed E-state index contributed by atoms with van der Waals surface area (Å²) in [4.78, 5) is 27.6. The molecule has 0 unspecified atom stereocenters. The number of ether oxygens (including phenoxy) is 1. The van der Waals surface area contributed by atoms with Crippen LogP contribution in [0.2, 0.25) is 5.02 Å². The number of carbonyl (C=O) groups is 1. The normalized spacial score (nSPS) is 14.6. The number of nitrogens with zero attached hydrogens (tertiary/aromatic N) is 3. The molecule has 0 atom stereocenters. The van der Waals surface area contributed by atoms with Crippen LogP contribution in [0.4, 0.5) is 0 Å². The highest BCUT2D eigenvalue weighted by Gasteiger charge is 2.15. The highest BCUT2D eigenvalue weighted by molar-refractivity contribution is 6.30. The molecule has 0 spiro atoms. The summed E-state index contributed by atoms with van der Waals surface area (Å²) < 4.78 is 6.78. The van der Waals surface area contributed by atoms with E-state index in [4.69, 9.17) is 22.1 Å². The Kier molecular flexibility index (Phi) is 7.98. The van der Waals surface area contributed by atoms with Gasteiger partial charge in [0.2, 0.25) is 5.91 Å². The Morgan fingerprint density at radius 1 is 1.27 bits per heavy atom. The zero-order valence-electron chi connectivity index (χ0n) is 17.2. The van der Waals surface area contributed by atoms with Crippen molar-refractivity contribution in [2.24, 2.45) is 5.73 Å². The largest absolute Gasteiger partial charge is 0.379 e. The number of hydrogen-bond acceptors (Lipinski definition) is 6. The van der Waals surface area contributed by atoms with Crippen LogP contribution in [0.25, 0.3) is 0 Å². The first kappa shape index (κ1) is 22.4. The molecule has 1 amide bonds. The molecule has 162 valence electrons. The van der Waals surface area contributed by atoms with Crippen LogP contribution in [0, 0.1) is 6.92 Å². The van der Waals surface area contributed by atoms with Crippen LogP contribution in [0.3, 0.4) is 0 Å². The number of rotatable bonds is 8. The monoisotopic (exact) mass is 433 g/mol. The maximum atomic E-state index is 12.9. The average Bonchev–Trinajstić information content (AvgIpc) is 2.75. The van der Waals surface area contributed by atoms with Gasteiger partial charge in [-0.15, -0.1) is 0 Å². The third-order valence-corrected chi connectivity index (χ3v) is 5.53. The minimum atomic E-state index is -0.232. The molecule has 1 aromatic carbocycles. The first-order valence-corrected chi connectivity index (χ1v) is 10.5. The van der Waals surface area contributed by atoms with Crippen LogP contribution in [0.1, 0.15) is 22.3 Å². The summed E-state index contributed by atoms with van der Waals surface area (Å²) in [7, 11) is 0. The molecule has 2 heterocycles. The van der Waals surface area contributed by atoms with Crippen molar-refractivity contribution in [1.29, 1.82) is 0 Å². The molecule has 1 saturated heterocycles. The molecular weight excluding hydrogens is 406 g/mol. The van der Waals surface area contributed by atoms with Crippen molar-refractivity contribution in [2.45, 2.75) is 33.0 Å². The number of hydrogen-bond donors (Lipinski definition) is 2. The van der Waals surface area contributed by atoms with Crippen molar-refractivity contribution in [2.75, 3.05) is 32.8 Å². The number of nitrogens with two attached hydrogens (primary N) is 1. The molecule has 1 fully saturated rings. The van der Waals surface area contributed by atoms with Crippen molar-refractivity contribution >= 4 is 17.5 Å². The second kappa shape index (κ2) is 10.7. The fourth-order valence-electron chi connectivity index (χ4n) is 3.42. The molecule has 8 nitrogen and oxygen atoms in total. The lowest BCUT2D eigenvalue weighted by Gasteiger charge is -2.26. The SMILES string of the molecule is Cc1cnn(CCN2CCOCC2)c(=O)c1CC(=O)NCc1cc(Cl)ccc1CN. The summed E-state index contributed by atoms with van der Waals surface area (Å²) in [6.07, 6.45) is 1.65. The number of carbonyl (C=O) groups excluding carboxylic acids is 1. The van der Waals surface area contributed by atoms with Gasteiger partial charge in [0.25, 0.3) is 5.56 Å². The lowest BCUT2D eigenvalue weighted by atomic mass is 10.1. The molecule has 3 N–H and O–H groups in total. The number of morpholine rings is 1. The van der Waals surface area contributed by atoms with Crippen LogP contribution in [-0.4, -0.2) is 53.4 Å². The summed E-state index contributed by atoms with van der Waals surface area (Å²) in [6, 6.07) is 5.42. The summed E-state index contributed by atoms with van der Waals surface area (Å²) in [5, 5.41) is 7.69. The smallest absolute Gasteiger partial charge is 0.270 e. The maximum Gasteiger partial charge on any atom is 0.270 e. The third kappa shape index (κ3) is 5.89. The van der Waals surface area contributed by atoms with Gasteiger partial charge in [0.15, 0.2) is 0 Å². The van der Waals surface area contributed by atoms with Crippen molar-refractivity contribution in [3.8, 4) is 0 Å². The van der Waals surface area contributed by atoms with Gasteiger partial charge >= 0.3 is 0 Å². The fraction of sp³-hybridized carbons (Fsp3) is 0.476. The molecule has 3 rings (SSSR count). The molecule has 1 aliphatic rings. The second-order valence-corrected chi connectivity index (χ2v) is 7.80. The van der Waals surface area contributed by atoms with E-state index in [0.29, 0.717) is 49.0 Å². The van der Waals surface area contributed by atoms with Gasteiger partial charge in [-0.25, -0.2) is 4.68 Å². The van der Waals surface area contributed by atoms with Crippen LogP contribution in [0.15, 0.2) is 29.2 Å². The molecule has 2 aromatic rings. The molecule has 30 heavy (non-hydrogen) atoms. The standard InChI is InChI=1S/C21H28ClN5O3/c1-15-13-25-27(5-4-26-6-8-30-9-7-26)21(29)19(15)11-20(28)24-14-17-10-18(22)3-2-16(17)12-23/h2-3,10,13H,4-9,11-12,14,23H2,1H3,(H,24,28). The Labute approximate surface area is 181 Å². The third-order valence-electron chi connectivity index (χ3n) is 5.29. The van der Waals surface area contributed by atoms with E-state index in [0.717, 1.165) is 30.8 Å². The van der Waals surface area contributed by atoms with Crippen molar-refractivity contribution in [1.82, 2.24) is 20.0 Å². The maximum absolute atomic E-state index is 12.9. The van der Waals surface area contributed by atoms with Gasteiger partial charge in [0, 0.05) is 43.3 Å². The van der Waals surface area contributed by atoms with Gasteiger partial charge in [0.1, 0.15) is 0 Å². The first-order chi connectivity index (χ1) is 14.5. The number of halogens is 1. The number of amides is 1. The summed E-state index contributed by atoms with van der Waals surface area (Å²) in [5.41, 5.74) is 8.50. The zero-order chi connectivity index (χ0) is 21.5. The minimum absolute atomic E-state index is 0.00324. The van der Waals surface area contributed by atoms with E-state index in [2.05, 4.69) is 15.3 Å². The average molecular weight is 434 g/mol. The van der Waals surface area contributed by atoms with Gasteiger partial charge < -0.3 is 15.8 Å². The molecule has 1 aliphatic heterocycles. The lowest BCUT2D eigenvalue weighted by molar-refractivity contribution is -0.120. The molecule has 1 aromatic heterocycles. The topological polar surface area (TPSA) is 102 Å². The molecule has 0 aliphatic carbocycles.